The van der Waals surface area contributed by atoms with Crippen LogP contribution in [0.3, 0.4) is 0 Å². The first-order chi connectivity index (χ1) is 8.63. The molecule has 1 aromatic carbocycles. The Morgan fingerprint density at radius 1 is 1.44 bits per heavy atom. The highest BCUT2D eigenvalue weighted by Crippen LogP contribution is 2.20. The van der Waals surface area contributed by atoms with Gasteiger partial charge < -0.3 is 5.32 Å². The molecule has 0 radical (unpaired) electrons. The van der Waals surface area contributed by atoms with E-state index < -0.39 is 5.82 Å². The third-order valence-electron chi connectivity index (χ3n) is 2.82. The van der Waals surface area contributed by atoms with Gasteiger partial charge in [-0.25, -0.2) is 9.07 Å². The van der Waals surface area contributed by atoms with Gasteiger partial charge in [0.05, 0.1) is 16.9 Å². The van der Waals surface area contributed by atoms with Crippen LogP contribution in [-0.4, -0.2) is 16.3 Å². The fourth-order valence-corrected chi connectivity index (χ4v) is 1.87. The topological polar surface area (TPSA) is 29.9 Å². The molecule has 96 valence electrons. The predicted molar refractivity (Wildman–Crippen MR) is 70.6 cm³/mol. The zero-order chi connectivity index (χ0) is 13.1. The van der Waals surface area contributed by atoms with Crippen molar-refractivity contribution in [2.24, 2.45) is 0 Å². The van der Waals surface area contributed by atoms with Crippen molar-refractivity contribution in [3.05, 3.63) is 46.5 Å². The number of hydrogen-bond donors (Lipinski definition) is 1. The van der Waals surface area contributed by atoms with Crippen molar-refractivity contribution in [1.82, 2.24) is 15.1 Å². The number of benzene rings is 1. The van der Waals surface area contributed by atoms with Gasteiger partial charge in [0.25, 0.3) is 0 Å². The van der Waals surface area contributed by atoms with E-state index in [2.05, 4.69) is 10.4 Å². The number of nitrogens with one attached hydrogen (secondary N) is 1. The number of nitrogens with zero attached hydrogens (tertiary/aromatic N) is 2. The van der Waals surface area contributed by atoms with Crippen molar-refractivity contribution in [3.63, 3.8) is 0 Å². The molecule has 0 saturated heterocycles. The van der Waals surface area contributed by atoms with E-state index in [1.807, 2.05) is 13.8 Å². The molecule has 3 nitrogen and oxygen atoms in total. The van der Waals surface area contributed by atoms with Crippen LogP contribution in [0.1, 0.15) is 18.2 Å². The van der Waals surface area contributed by atoms with Gasteiger partial charge >= 0.3 is 0 Å². The molecule has 0 aliphatic carbocycles. The van der Waals surface area contributed by atoms with Crippen LogP contribution in [-0.2, 0) is 6.54 Å². The van der Waals surface area contributed by atoms with E-state index in [-0.39, 0.29) is 5.02 Å². The molecular formula is C13H15ClFN3. The van der Waals surface area contributed by atoms with Crippen molar-refractivity contribution in [2.75, 3.05) is 6.54 Å². The lowest BCUT2D eigenvalue weighted by molar-refractivity contribution is 0.625. The second-order valence-electron chi connectivity index (χ2n) is 4.05. The third-order valence-corrected chi connectivity index (χ3v) is 3.13. The smallest absolute Gasteiger partial charge is 0.143 e. The van der Waals surface area contributed by atoms with Crippen molar-refractivity contribution in [3.8, 4) is 5.69 Å². The van der Waals surface area contributed by atoms with Crippen LogP contribution in [0.4, 0.5) is 4.39 Å². The van der Waals surface area contributed by atoms with Gasteiger partial charge in [-0.1, -0.05) is 18.5 Å². The zero-order valence-electron chi connectivity index (χ0n) is 10.4. The van der Waals surface area contributed by atoms with E-state index in [4.69, 9.17) is 11.6 Å². The molecule has 0 atom stereocenters. The predicted octanol–water partition coefficient (Wildman–Crippen LogP) is 3.08. The lowest BCUT2D eigenvalue weighted by atomic mass is 10.2. The summed E-state index contributed by atoms with van der Waals surface area (Å²) in [7, 11) is 0. The molecule has 0 bridgehead atoms. The molecule has 1 aromatic heterocycles. The molecule has 0 amide bonds. The summed E-state index contributed by atoms with van der Waals surface area (Å²) in [5.41, 5.74) is 2.78. The highest BCUT2D eigenvalue weighted by molar-refractivity contribution is 6.30. The Labute approximate surface area is 111 Å². The van der Waals surface area contributed by atoms with Gasteiger partial charge in [0, 0.05) is 23.9 Å². The average molecular weight is 268 g/mol. The first-order valence-electron chi connectivity index (χ1n) is 5.83. The second kappa shape index (κ2) is 5.50. The lowest BCUT2D eigenvalue weighted by Crippen LogP contribution is -2.12. The summed E-state index contributed by atoms with van der Waals surface area (Å²) < 4.78 is 15.1. The summed E-state index contributed by atoms with van der Waals surface area (Å²) in [5.74, 6) is -0.433. The molecule has 2 aromatic rings. The van der Waals surface area contributed by atoms with Crippen LogP contribution in [0.25, 0.3) is 5.69 Å². The Morgan fingerprint density at radius 2 is 2.22 bits per heavy atom. The molecular weight excluding hydrogens is 253 g/mol. The minimum atomic E-state index is -0.433. The standard InChI is InChI=1S/C13H15ClFN3/c1-3-16-7-10-8-17-18(9(10)2)11-4-5-12(14)13(15)6-11/h4-6,8,16H,3,7H2,1-2H3. The van der Waals surface area contributed by atoms with Crippen LogP contribution < -0.4 is 5.32 Å². The van der Waals surface area contributed by atoms with Crippen molar-refractivity contribution in [2.45, 2.75) is 20.4 Å². The Kier molecular flexibility index (Phi) is 3.99. The van der Waals surface area contributed by atoms with E-state index in [0.29, 0.717) is 5.69 Å². The highest BCUT2D eigenvalue weighted by Gasteiger charge is 2.09. The minimum absolute atomic E-state index is 0.122. The summed E-state index contributed by atoms with van der Waals surface area (Å²) in [6.45, 7) is 5.68. The highest BCUT2D eigenvalue weighted by atomic mass is 35.5. The van der Waals surface area contributed by atoms with E-state index in [1.54, 1.807) is 16.9 Å². The van der Waals surface area contributed by atoms with Crippen LogP contribution >= 0.6 is 11.6 Å². The number of hydrogen-bond acceptors (Lipinski definition) is 2. The van der Waals surface area contributed by atoms with E-state index in [9.17, 15) is 4.39 Å². The molecule has 0 aliphatic heterocycles. The first kappa shape index (κ1) is 13.1. The maximum absolute atomic E-state index is 13.4. The first-order valence-corrected chi connectivity index (χ1v) is 6.21. The summed E-state index contributed by atoms with van der Waals surface area (Å²) in [5, 5.41) is 7.64. The van der Waals surface area contributed by atoms with Crippen molar-refractivity contribution in [1.29, 1.82) is 0 Å². The molecule has 5 heteroatoms. The van der Waals surface area contributed by atoms with E-state index >= 15 is 0 Å². The quantitative estimate of drug-likeness (QED) is 0.923. The Bertz CT molecular complexity index is 551. The van der Waals surface area contributed by atoms with Gasteiger partial charge in [0.1, 0.15) is 5.82 Å². The molecule has 1 N–H and O–H groups in total. The fourth-order valence-electron chi connectivity index (χ4n) is 1.75. The fraction of sp³-hybridized carbons (Fsp3) is 0.308. The van der Waals surface area contributed by atoms with Gasteiger partial charge in [0.2, 0.25) is 0 Å². The number of rotatable bonds is 4. The molecule has 0 fully saturated rings. The second-order valence-corrected chi connectivity index (χ2v) is 4.45. The SMILES string of the molecule is CCNCc1cnn(-c2ccc(Cl)c(F)c2)c1C. The lowest BCUT2D eigenvalue weighted by Gasteiger charge is -2.06. The summed E-state index contributed by atoms with van der Waals surface area (Å²) in [6.07, 6.45) is 1.80. The van der Waals surface area contributed by atoms with Gasteiger partial charge in [0.15, 0.2) is 0 Å². The van der Waals surface area contributed by atoms with Gasteiger partial charge in [-0.3, -0.25) is 0 Å². The molecule has 0 spiro atoms. The molecule has 0 unspecified atom stereocenters. The summed E-state index contributed by atoms with van der Waals surface area (Å²) in [6, 6.07) is 4.68. The Morgan fingerprint density at radius 3 is 2.89 bits per heavy atom. The maximum Gasteiger partial charge on any atom is 0.143 e. The Balaban J connectivity index is 2.33. The summed E-state index contributed by atoms with van der Waals surface area (Å²) in [4.78, 5) is 0. The van der Waals surface area contributed by atoms with E-state index in [1.165, 1.54) is 12.1 Å². The Hall–Kier alpha value is -1.39. The minimum Gasteiger partial charge on any atom is -0.313 e. The van der Waals surface area contributed by atoms with Crippen LogP contribution in [0.5, 0.6) is 0 Å². The molecule has 1 heterocycles. The molecule has 0 saturated carbocycles. The zero-order valence-corrected chi connectivity index (χ0v) is 11.1. The van der Waals surface area contributed by atoms with Gasteiger partial charge in [-0.05, 0) is 25.6 Å². The number of aromatic nitrogens is 2. The normalized spacial score (nSPS) is 10.9. The average Bonchev–Trinajstić information content (AvgIpc) is 2.72. The van der Waals surface area contributed by atoms with Crippen LogP contribution in [0.2, 0.25) is 5.02 Å². The van der Waals surface area contributed by atoms with Crippen molar-refractivity contribution >= 4 is 11.6 Å². The largest absolute Gasteiger partial charge is 0.313 e. The molecule has 2 rings (SSSR count). The third kappa shape index (κ3) is 2.54. The van der Waals surface area contributed by atoms with Gasteiger partial charge in [-0.2, -0.15) is 5.10 Å². The maximum atomic E-state index is 13.4. The van der Waals surface area contributed by atoms with Crippen molar-refractivity contribution < 1.29 is 4.39 Å². The van der Waals surface area contributed by atoms with Crippen LogP contribution in [0, 0.1) is 12.7 Å². The molecule has 18 heavy (non-hydrogen) atoms. The number of halogens is 2. The molecule has 0 aliphatic rings. The van der Waals surface area contributed by atoms with Gasteiger partial charge in [-0.15, -0.1) is 0 Å². The van der Waals surface area contributed by atoms with Crippen LogP contribution in [0.15, 0.2) is 24.4 Å². The summed E-state index contributed by atoms with van der Waals surface area (Å²) >= 11 is 5.67. The van der Waals surface area contributed by atoms with E-state index in [0.717, 1.165) is 24.3 Å². The monoisotopic (exact) mass is 267 g/mol.